The molecule has 1 aromatic rings. The zero-order valence-corrected chi connectivity index (χ0v) is 10.1. The Kier molecular flexibility index (Phi) is 3.55. The summed E-state index contributed by atoms with van der Waals surface area (Å²) in [6.07, 6.45) is 3.61. The molecule has 0 bridgehead atoms. The Morgan fingerprint density at radius 2 is 2.39 bits per heavy atom. The van der Waals surface area contributed by atoms with E-state index in [-0.39, 0.29) is 12.1 Å². The fourth-order valence-corrected chi connectivity index (χ4v) is 2.23. The van der Waals surface area contributed by atoms with Gasteiger partial charge in [-0.1, -0.05) is 0 Å². The number of carbonyl (C=O) groups excluding carboxylic acids is 1. The standard InChI is InChI=1S/C12H16N2O4/c1-8-10(11(15)16)2-4-14(8)12(17)13-6-9-3-5-18-7-9/h3,5,7-8,10H,2,4,6H2,1H3,(H,13,17)(H,15,16). The Morgan fingerprint density at radius 1 is 1.61 bits per heavy atom. The monoisotopic (exact) mass is 252 g/mol. The molecule has 2 heterocycles. The maximum atomic E-state index is 11.9. The van der Waals surface area contributed by atoms with Crippen LogP contribution >= 0.6 is 0 Å². The minimum absolute atomic E-state index is 0.229. The maximum absolute atomic E-state index is 11.9. The number of rotatable bonds is 3. The Hall–Kier alpha value is -1.98. The molecular weight excluding hydrogens is 236 g/mol. The molecule has 1 fully saturated rings. The second kappa shape index (κ2) is 5.12. The van der Waals surface area contributed by atoms with E-state index < -0.39 is 11.9 Å². The minimum Gasteiger partial charge on any atom is -0.481 e. The molecule has 1 aliphatic rings. The number of likely N-dealkylation sites (tertiary alicyclic amines) is 1. The molecule has 0 aromatic carbocycles. The first kappa shape index (κ1) is 12.5. The van der Waals surface area contributed by atoms with Crippen LogP contribution in [0, 0.1) is 5.92 Å². The van der Waals surface area contributed by atoms with Crippen molar-refractivity contribution in [1.29, 1.82) is 0 Å². The number of urea groups is 1. The number of amides is 2. The van der Waals surface area contributed by atoms with E-state index in [2.05, 4.69) is 5.32 Å². The maximum Gasteiger partial charge on any atom is 0.317 e. The van der Waals surface area contributed by atoms with Crippen molar-refractivity contribution in [1.82, 2.24) is 10.2 Å². The highest BCUT2D eigenvalue weighted by molar-refractivity contribution is 5.78. The first-order chi connectivity index (χ1) is 8.59. The SMILES string of the molecule is CC1C(C(=O)O)CCN1C(=O)NCc1ccoc1. The number of carboxylic acids is 1. The molecule has 98 valence electrons. The van der Waals surface area contributed by atoms with Gasteiger partial charge in [-0.25, -0.2) is 4.79 Å². The second-order valence-electron chi connectivity index (χ2n) is 4.46. The van der Waals surface area contributed by atoms with E-state index in [0.717, 1.165) is 5.56 Å². The van der Waals surface area contributed by atoms with E-state index in [1.165, 1.54) is 0 Å². The van der Waals surface area contributed by atoms with Crippen LogP contribution in [0.4, 0.5) is 4.79 Å². The third-order valence-electron chi connectivity index (χ3n) is 3.36. The lowest BCUT2D eigenvalue weighted by Gasteiger charge is -2.23. The largest absolute Gasteiger partial charge is 0.481 e. The van der Waals surface area contributed by atoms with Crippen molar-refractivity contribution in [2.75, 3.05) is 6.54 Å². The van der Waals surface area contributed by atoms with E-state index in [0.29, 0.717) is 19.5 Å². The van der Waals surface area contributed by atoms with E-state index in [1.54, 1.807) is 30.4 Å². The smallest absolute Gasteiger partial charge is 0.317 e. The van der Waals surface area contributed by atoms with Crippen molar-refractivity contribution >= 4 is 12.0 Å². The van der Waals surface area contributed by atoms with Gasteiger partial charge < -0.3 is 19.7 Å². The number of furan rings is 1. The molecule has 18 heavy (non-hydrogen) atoms. The average Bonchev–Trinajstić information content (AvgIpc) is 2.94. The fourth-order valence-electron chi connectivity index (χ4n) is 2.23. The lowest BCUT2D eigenvalue weighted by atomic mass is 10.0. The summed E-state index contributed by atoms with van der Waals surface area (Å²) in [5.74, 6) is -1.31. The average molecular weight is 252 g/mol. The van der Waals surface area contributed by atoms with Gasteiger partial charge in [-0.05, 0) is 19.4 Å². The lowest BCUT2D eigenvalue weighted by Crippen LogP contribution is -2.43. The molecule has 1 aromatic heterocycles. The summed E-state index contributed by atoms with van der Waals surface area (Å²) in [7, 11) is 0. The Morgan fingerprint density at radius 3 is 2.94 bits per heavy atom. The van der Waals surface area contributed by atoms with Gasteiger partial charge in [-0.15, -0.1) is 0 Å². The summed E-state index contributed by atoms with van der Waals surface area (Å²) in [4.78, 5) is 24.4. The Bertz CT molecular complexity index is 429. The van der Waals surface area contributed by atoms with Crippen LogP contribution in [0.2, 0.25) is 0 Å². The number of nitrogens with zero attached hydrogens (tertiary/aromatic N) is 1. The van der Waals surface area contributed by atoms with Gasteiger partial charge in [0.2, 0.25) is 0 Å². The lowest BCUT2D eigenvalue weighted by molar-refractivity contribution is -0.142. The Labute approximate surface area is 105 Å². The van der Waals surface area contributed by atoms with Crippen LogP contribution in [0.5, 0.6) is 0 Å². The first-order valence-electron chi connectivity index (χ1n) is 5.88. The van der Waals surface area contributed by atoms with Gasteiger partial charge in [-0.3, -0.25) is 4.79 Å². The fraction of sp³-hybridized carbons (Fsp3) is 0.500. The third-order valence-corrected chi connectivity index (χ3v) is 3.36. The van der Waals surface area contributed by atoms with Crippen LogP contribution in [0.1, 0.15) is 18.9 Å². The molecule has 1 aliphatic heterocycles. The molecule has 2 amide bonds. The van der Waals surface area contributed by atoms with E-state index >= 15 is 0 Å². The van der Waals surface area contributed by atoms with Gasteiger partial charge in [0.05, 0.1) is 18.4 Å². The van der Waals surface area contributed by atoms with Crippen molar-refractivity contribution in [3.8, 4) is 0 Å². The molecule has 6 heteroatoms. The van der Waals surface area contributed by atoms with Gasteiger partial charge >= 0.3 is 12.0 Å². The van der Waals surface area contributed by atoms with Crippen molar-refractivity contribution in [2.45, 2.75) is 25.9 Å². The Balaban J connectivity index is 1.88. The number of hydrogen-bond acceptors (Lipinski definition) is 3. The van der Waals surface area contributed by atoms with E-state index in [9.17, 15) is 9.59 Å². The summed E-state index contributed by atoms with van der Waals surface area (Å²) in [5.41, 5.74) is 0.880. The minimum atomic E-state index is -0.840. The normalized spacial score (nSPS) is 23.1. The molecule has 2 N–H and O–H groups in total. The van der Waals surface area contributed by atoms with Gasteiger partial charge in [-0.2, -0.15) is 0 Å². The summed E-state index contributed by atoms with van der Waals surface area (Å²) < 4.78 is 4.90. The molecule has 1 saturated heterocycles. The van der Waals surface area contributed by atoms with Crippen LogP contribution in [0.3, 0.4) is 0 Å². The molecule has 2 unspecified atom stereocenters. The van der Waals surface area contributed by atoms with Crippen molar-refractivity contribution in [3.63, 3.8) is 0 Å². The summed E-state index contributed by atoms with van der Waals surface area (Å²) in [6.45, 7) is 2.63. The molecule has 0 radical (unpaired) electrons. The highest BCUT2D eigenvalue weighted by atomic mass is 16.4. The summed E-state index contributed by atoms with van der Waals surface area (Å²) in [5, 5.41) is 11.7. The van der Waals surface area contributed by atoms with Gasteiger partial charge in [0.25, 0.3) is 0 Å². The zero-order valence-electron chi connectivity index (χ0n) is 10.1. The number of carbonyl (C=O) groups is 2. The quantitative estimate of drug-likeness (QED) is 0.849. The topological polar surface area (TPSA) is 82.8 Å². The molecule has 0 saturated carbocycles. The van der Waals surface area contributed by atoms with Crippen LogP contribution in [0.25, 0.3) is 0 Å². The van der Waals surface area contributed by atoms with Gasteiger partial charge in [0.1, 0.15) is 0 Å². The van der Waals surface area contributed by atoms with Crippen molar-refractivity contribution in [2.24, 2.45) is 5.92 Å². The highest BCUT2D eigenvalue weighted by Crippen LogP contribution is 2.24. The summed E-state index contributed by atoms with van der Waals surface area (Å²) in [6, 6.07) is 1.27. The zero-order chi connectivity index (χ0) is 13.1. The predicted molar refractivity (Wildman–Crippen MR) is 62.9 cm³/mol. The number of hydrogen-bond donors (Lipinski definition) is 2. The molecular formula is C12H16N2O4. The van der Waals surface area contributed by atoms with Gasteiger partial charge in [0, 0.05) is 24.7 Å². The van der Waals surface area contributed by atoms with E-state index in [4.69, 9.17) is 9.52 Å². The third kappa shape index (κ3) is 2.47. The number of carboxylic acid groups (broad SMARTS) is 1. The second-order valence-corrected chi connectivity index (χ2v) is 4.46. The van der Waals surface area contributed by atoms with Crippen molar-refractivity contribution in [3.05, 3.63) is 24.2 Å². The number of nitrogens with one attached hydrogen (secondary N) is 1. The van der Waals surface area contributed by atoms with Gasteiger partial charge in [0.15, 0.2) is 0 Å². The predicted octanol–water partition coefficient (Wildman–Crippen LogP) is 1.28. The summed E-state index contributed by atoms with van der Waals surface area (Å²) >= 11 is 0. The highest BCUT2D eigenvalue weighted by Gasteiger charge is 2.37. The van der Waals surface area contributed by atoms with Crippen molar-refractivity contribution < 1.29 is 19.1 Å². The molecule has 6 nitrogen and oxygen atoms in total. The van der Waals surface area contributed by atoms with Crippen LogP contribution in [0.15, 0.2) is 23.0 Å². The molecule has 2 atom stereocenters. The van der Waals surface area contributed by atoms with Crippen LogP contribution < -0.4 is 5.32 Å². The molecule has 0 aliphatic carbocycles. The van der Waals surface area contributed by atoms with Crippen LogP contribution in [-0.4, -0.2) is 34.6 Å². The van der Waals surface area contributed by atoms with E-state index in [1.807, 2.05) is 0 Å². The molecule has 0 spiro atoms. The van der Waals surface area contributed by atoms with Crippen LogP contribution in [-0.2, 0) is 11.3 Å². The first-order valence-corrected chi connectivity index (χ1v) is 5.88. The number of aliphatic carboxylic acids is 1. The molecule has 2 rings (SSSR count).